The van der Waals surface area contributed by atoms with Crippen LogP contribution in [0.25, 0.3) is 0 Å². The standard InChI is InChI=1S/C17H17F2N3O4/c1-10(11-3-5-13(18)14(19)7-11)20-9-17(23)21-15-6-4-12(22(24)25)8-16(15)26-2/h3-8,10,20H,9H2,1-2H3,(H,21,23)/t10-/m1/s1. The van der Waals surface area contributed by atoms with Gasteiger partial charge in [-0.15, -0.1) is 0 Å². The third-order valence-electron chi connectivity index (χ3n) is 3.68. The molecular formula is C17H17F2N3O4. The molecule has 0 saturated carbocycles. The fourth-order valence-corrected chi connectivity index (χ4v) is 2.24. The molecule has 1 amide bonds. The lowest BCUT2D eigenvalue weighted by molar-refractivity contribution is -0.384. The van der Waals surface area contributed by atoms with Gasteiger partial charge in [-0.3, -0.25) is 14.9 Å². The van der Waals surface area contributed by atoms with Crippen molar-refractivity contribution in [1.82, 2.24) is 5.32 Å². The van der Waals surface area contributed by atoms with Crippen LogP contribution in [0.5, 0.6) is 5.75 Å². The van der Waals surface area contributed by atoms with Crippen molar-refractivity contribution in [2.24, 2.45) is 0 Å². The first-order valence-corrected chi connectivity index (χ1v) is 7.62. The second kappa shape index (κ2) is 8.34. The van der Waals surface area contributed by atoms with E-state index < -0.39 is 28.5 Å². The maximum Gasteiger partial charge on any atom is 0.273 e. The van der Waals surface area contributed by atoms with E-state index in [4.69, 9.17) is 4.74 Å². The van der Waals surface area contributed by atoms with Crippen LogP contribution in [0.1, 0.15) is 18.5 Å². The fraction of sp³-hybridized carbons (Fsp3) is 0.235. The quantitative estimate of drug-likeness (QED) is 0.581. The summed E-state index contributed by atoms with van der Waals surface area (Å²) in [5.41, 5.74) is 0.611. The molecule has 26 heavy (non-hydrogen) atoms. The predicted octanol–water partition coefficient (Wildman–Crippen LogP) is 3.17. The average molecular weight is 365 g/mol. The number of amides is 1. The number of carbonyl (C=O) groups excluding carboxylic acids is 1. The number of benzene rings is 2. The molecular weight excluding hydrogens is 348 g/mol. The molecule has 2 rings (SSSR count). The molecule has 0 spiro atoms. The topological polar surface area (TPSA) is 93.5 Å². The largest absolute Gasteiger partial charge is 0.494 e. The molecule has 0 fully saturated rings. The van der Waals surface area contributed by atoms with E-state index in [0.717, 1.165) is 12.1 Å². The highest BCUT2D eigenvalue weighted by Gasteiger charge is 2.14. The van der Waals surface area contributed by atoms with E-state index in [1.165, 1.54) is 31.4 Å². The summed E-state index contributed by atoms with van der Waals surface area (Å²) >= 11 is 0. The second-order valence-corrected chi connectivity index (χ2v) is 5.47. The van der Waals surface area contributed by atoms with Gasteiger partial charge in [-0.2, -0.15) is 0 Å². The van der Waals surface area contributed by atoms with Crippen LogP contribution < -0.4 is 15.4 Å². The van der Waals surface area contributed by atoms with E-state index in [2.05, 4.69) is 10.6 Å². The molecule has 0 saturated heterocycles. The number of hydrogen-bond acceptors (Lipinski definition) is 5. The zero-order valence-corrected chi connectivity index (χ0v) is 14.1. The molecule has 9 heteroatoms. The minimum atomic E-state index is -0.962. The summed E-state index contributed by atoms with van der Waals surface area (Å²) in [6.07, 6.45) is 0. The van der Waals surface area contributed by atoms with Gasteiger partial charge in [0.1, 0.15) is 5.75 Å². The molecule has 138 valence electrons. The molecule has 2 aromatic carbocycles. The van der Waals surface area contributed by atoms with E-state index in [1.807, 2.05) is 0 Å². The molecule has 0 aliphatic heterocycles. The van der Waals surface area contributed by atoms with Crippen molar-refractivity contribution in [3.63, 3.8) is 0 Å². The first-order valence-electron chi connectivity index (χ1n) is 7.62. The monoisotopic (exact) mass is 365 g/mol. The number of rotatable bonds is 7. The molecule has 0 radical (unpaired) electrons. The van der Waals surface area contributed by atoms with Gasteiger partial charge in [-0.25, -0.2) is 8.78 Å². The third kappa shape index (κ3) is 4.73. The summed E-state index contributed by atoms with van der Waals surface area (Å²) in [6, 6.07) is 6.92. The normalized spacial score (nSPS) is 11.7. The van der Waals surface area contributed by atoms with Gasteiger partial charge < -0.3 is 15.4 Å². The van der Waals surface area contributed by atoms with E-state index in [0.29, 0.717) is 5.56 Å². The van der Waals surface area contributed by atoms with Gasteiger partial charge in [-0.05, 0) is 30.7 Å². The Bertz CT molecular complexity index is 830. The van der Waals surface area contributed by atoms with E-state index >= 15 is 0 Å². The van der Waals surface area contributed by atoms with Crippen molar-refractivity contribution in [2.75, 3.05) is 19.0 Å². The Morgan fingerprint density at radius 3 is 2.58 bits per heavy atom. The van der Waals surface area contributed by atoms with E-state index in [1.54, 1.807) is 6.92 Å². The highest BCUT2D eigenvalue weighted by molar-refractivity contribution is 5.93. The summed E-state index contributed by atoms with van der Waals surface area (Å²) in [5, 5.41) is 16.2. The molecule has 0 aliphatic rings. The van der Waals surface area contributed by atoms with Crippen LogP contribution in [0.15, 0.2) is 36.4 Å². The Balaban J connectivity index is 1.98. The summed E-state index contributed by atoms with van der Waals surface area (Å²) in [5.74, 6) is -2.17. The van der Waals surface area contributed by atoms with Crippen molar-refractivity contribution >= 4 is 17.3 Å². The van der Waals surface area contributed by atoms with Crippen molar-refractivity contribution in [3.05, 3.63) is 63.7 Å². The number of non-ortho nitro benzene ring substituents is 1. The first kappa shape index (κ1) is 19.3. The second-order valence-electron chi connectivity index (χ2n) is 5.47. The zero-order valence-electron chi connectivity index (χ0n) is 14.1. The van der Waals surface area contributed by atoms with Crippen LogP contribution in [0.2, 0.25) is 0 Å². The predicted molar refractivity (Wildman–Crippen MR) is 91.1 cm³/mol. The lowest BCUT2D eigenvalue weighted by Gasteiger charge is -2.15. The van der Waals surface area contributed by atoms with Gasteiger partial charge in [0.15, 0.2) is 11.6 Å². The minimum Gasteiger partial charge on any atom is -0.494 e. The van der Waals surface area contributed by atoms with Crippen LogP contribution in [0.4, 0.5) is 20.2 Å². The first-order chi connectivity index (χ1) is 12.3. The Kier molecular flexibility index (Phi) is 6.18. The van der Waals surface area contributed by atoms with Gasteiger partial charge in [0.2, 0.25) is 5.91 Å². The Hall–Kier alpha value is -3.07. The highest BCUT2D eigenvalue weighted by Crippen LogP contribution is 2.28. The van der Waals surface area contributed by atoms with Crippen LogP contribution in [0, 0.1) is 21.7 Å². The molecule has 0 unspecified atom stereocenters. The van der Waals surface area contributed by atoms with E-state index in [9.17, 15) is 23.7 Å². The van der Waals surface area contributed by atoms with Crippen molar-refractivity contribution in [2.45, 2.75) is 13.0 Å². The van der Waals surface area contributed by atoms with Gasteiger partial charge in [0.05, 0.1) is 30.3 Å². The molecule has 2 aromatic rings. The van der Waals surface area contributed by atoms with Gasteiger partial charge in [-0.1, -0.05) is 6.07 Å². The number of nitrogens with one attached hydrogen (secondary N) is 2. The number of halogens is 2. The molecule has 7 nitrogen and oxygen atoms in total. The maximum absolute atomic E-state index is 13.3. The summed E-state index contributed by atoms with van der Waals surface area (Å²) < 4.78 is 31.2. The van der Waals surface area contributed by atoms with Gasteiger partial charge >= 0.3 is 0 Å². The lowest BCUT2D eigenvalue weighted by atomic mass is 10.1. The number of hydrogen-bond donors (Lipinski definition) is 2. The van der Waals surface area contributed by atoms with Crippen LogP contribution in [0.3, 0.4) is 0 Å². The third-order valence-corrected chi connectivity index (χ3v) is 3.68. The molecule has 0 aromatic heterocycles. The number of ether oxygens (including phenoxy) is 1. The average Bonchev–Trinajstić information content (AvgIpc) is 2.62. The van der Waals surface area contributed by atoms with Gasteiger partial charge in [0.25, 0.3) is 5.69 Å². The number of nitrogens with zero attached hydrogens (tertiary/aromatic N) is 1. The maximum atomic E-state index is 13.3. The van der Waals surface area contributed by atoms with Crippen molar-refractivity contribution in [1.29, 1.82) is 0 Å². The SMILES string of the molecule is COc1cc([N+](=O)[O-])ccc1NC(=O)CN[C@H](C)c1ccc(F)c(F)c1. The number of nitro benzene ring substituents is 1. The van der Waals surface area contributed by atoms with Crippen LogP contribution in [-0.4, -0.2) is 24.5 Å². The summed E-state index contributed by atoms with van der Waals surface area (Å²) in [4.78, 5) is 22.3. The molecule has 1 atom stereocenters. The van der Waals surface area contributed by atoms with Crippen molar-refractivity contribution < 1.29 is 23.2 Å². The summed E-state index contributed by atoms with van der Waals surface area (Å²) in [6.45, 7) is 1.59. The fourth-order valence-electron chi connectivity index (χ4n) is 2.24. The van der Waals surface area contributed by atoms with Crippen LogP contribution in [-0.2, 0) is 4.79 Å². The molecule has 0 aliphatic carbocycles. The number of nitro groups is 1. The van der Waals surface area contributed by atoms with Crippen LogP contribution >= 0.6 is 0 Å². The zero-order chi connectivity index (χ0) is 19.3. The van der Waals surface area contributed by atoms with E-state index in [-0.39, 0.29) is 23.7 Å². The highest BCUT2D eigenvalue weighted by atomic mass is 19.2. The van der Waals surface area contributed by atoms with Crippen molar-refractivity contribution in [3.8, 4) is 5.75 Å². The Morgan fingerprint density at radius 1 is 1.23 bits per heavy atom. The van der Waals surface area contributed by atoms with Gasteiger partial charge in [0, 0.05) is 12.1 Å². The molecule has 0 bridgehead atoms. The number of methoxy groups -OCH3 is 1. The summed E-state index contributed by atoms with van der Waals surface area (Å²) in [7, 11) is 1.33. The Labute approximate surface area is 148 Å². The molecule has 2 N–H and O–H groups in total. The lowest BCUT2D eigenvalue weighted by Crippen LogP contribution is -2.30. The minimum absolute atomic E-state index is 0.111. The number of anilines is 1. The smallest absolute Gasteiger partial charge is 0.273 e. The Morgan fingerprint density at radius 2 is 1.96 bits per heavy atom. The molecule has 0 heterocycles. The number of carbonyl (C=O) groups is 1.